The number of hydrogen-bond acceptors (Lipinski definition) is 5. The van der Waals surface area contributed by atoms with Crippen molar-refractivity contribution in [2.24, 2.45) is 5.73 Å². The summed E-state index contributed by atoms with van der Waals surface area (Å²) in [7, 11) is 0. The van der Waals surface area contributed by atoms with E-state index < -0.39 is 30.2 Å². The van der Waals surface area contributed by atoms with Crippen molar-refractivity contribution < 1.29 is 22.0 Å². The van der Waals surface area contributed by atoms with Crippen LogP contribution in [0, 0.1) is 6.92 Å². The fraction of sp³-hybridized carbons (Fsp3) is 0.222. The monoisotopic (exact) mass is 426 g/mol. The van der Waals surface area contributed by atoms with Gasteiger partial charge in [0.05, 0.1) is 0 Å². The number of aromatic amines is 1. The van der Waals surface area contributed by atoms with E-state index in [2.05, 4.69) is 20.2 Å². The van der Waals surface area contributed by atoms with Gasteiger partial charge in [-0.2, -0.15) is 27.1 Å². The first-order valence-electron chi connectivity index (χ1n) is 8.51. The molecule has 0 amide bonds. The van der Waals surface area contributed by atoms with Gasteiger partial charge in [-0.3, -0.25) is 4.98 Å². The fourth-order valence-electron chi connectivity index (χ4n) is 2.77. The van der Waals surface area contributed by atoms with Crippen molar-refractivity contribution in [3.63, 3.8) is 0 Å². The first-order valence-corrected chi connectivity index (χ1v) is 8.51. The van der Waals surface area contributed by atoms with Gasteiger partial charge in [0.2, 0.25) is 0 Å². The lowest BCUT2D eigenvalue weighted by molar-refractivity contribution is -0.141. The molecule has 0 bridgehead atoms. The van der Waals surface area contributed by atoms with Gasteiger partial charge in [0, 0.05) is 42.1 Å². The Morgan fingerprint density at radius 2 is 1.87 bits per heavy atom. The van der Waals surface area contributed by atoms with Gasteiger partial charge < -0.3 is 5.73 Å². The molecule has 0 saturated heterocycles. The normalized spacial score (nSPS) is 11.6. The Hall–Kier alpha value is -3.41. The maximum Gasteiger partial charge on any atom is 0.433 e. The van der Waals surface area contributed by atoms with Crippen LogP contribution in [0.4, 0.5) is 22.0 Å². The molecule has 158 valence electrons. The van der Waals surface area contributed by atoms with Gasteiger partial charge >= 0.3 is 11.9 Å². The van der Waals surface area contributed by atoms with Gasteiger partial charge in [-0.15, -0.1) is 0 Å². The molecule has 0 aromatic carbocycles. The highest BCUT2D eigenvalue weighted by atomic mass is 19.4. The molecular weight excluding hydrogens is 411 g/mol. The van der Waals surface area contributed by atoms with Crippen molar-refractivity contribution in [2.75, 3.05) is 6.54 Å². The van der Waals surface area contributed by atoms with E-state index in [1.165, 1.54) is 12.3 Å². The molecule has 0 saturated carbocycles. The van der Waals surface area contributed by atoms with E-state index in [1.54, 1.807) is 13.0 Å². The first kappa shape index (κ1) is 21.3. The summed E-state index contributed by atoms with van der Waals surface area (Å²) >= 11 is 0. The SMILES string of the molecule is Cc1cc(-c2ccc(C(F)(F)F)nc2)cnc1-n1c(CC(CN)=C(F)F)n[nH]c1=O. The van der Waals surface area contributed by atoms with Crippen LogP contribution < -0.4 is 11.4 Å². The number of nitrogens with two attached hydrogens (primary N) is 1. The number of halogens is 5. The molecule has 3 N–H and O–H groups in total. The minimum Gasteiger partial charge on any atom is -0.327 e. The summed E-state index contributed by atoms with van der Waals surface area (Å²) in [4.78, 5) is 19.8. The number of pyridine rings is 2. The van der Waals surface area contributed by atoms with Crippen molar-refractivity contribution in [3.8, 4) is 16.9 Å². The summed E-state index contributed by atoms with van der Waals surface area (Å²) in [5.41, 5.74) is 4.56. The lowest BCUT2D eigenvalue weighted by atomic mass is 10.1. The van der Waals surface area contributed by atoms with Gasteiger partial charge in [0.1, 0.15) is 17.3 Å². The summed E-state index contributed by atoms with van der Waals surface area (Å²) in [5.74, 6) is 0.135. The van der Waals surface area contributed by atoms with Crippen LogP contribution in [-0.2, 0) is 12.6 Å². The Morgan fingerprint density at radius 3 is 2.40 bits per heavy atom. The van der Waals surface area contributed by atoms with E-state index >= 15 is 0 Å². The Bertz CT molecular complexity index is 1140. The number of hydrogen-bond donors (Lipinski definition) is 2. The maximum atomic E-state index is 12.9. The fourth-order valence-corrected chi connectivity index (χ4v) is 2.77. The minimum atomic E-state index is -4.55. The lowest BCUT2D eigenvalue weighted by Crippen LogP contribution is -2.20. The Labute approximate surface area is 166 Å². The van der Waals surface area contributed by atoms with Gasteiger partial charge in [-0.05, 0) is 24.6 Å². The minimum absolute atomic E-state index is 0.00667. The zero-order valence-electron chi connectivity index (χ0n) is 15.5. The Kier molecular flexibility index (Phi) is 5.78. The maximum absolute atomic E-state index is 12.9. The predicted octanol–water partition coefficient (Wildman–Crippen LogP) is 3.00. The van der Waals surface area contributed by atoms with Crippen LogP contribution in [-0.4, -0.2) is 31.3 Å². The topological polar surface area (TPSA) is 102 Å². The standard InChI is InChI=1S/C18H15F5N6O/c1-9-4-12(10-2-3-13(25-7-10)18(21,22)23)8-26-16(9)29-14(27-28-17(29)30)5-11(6-24)15(19)20/h2-4,7-8H,5-6,24H2,1H3,(H,28,30). The van der Waals surface area contributed by atoms with Gasteiger partial charge in [-0.25, -0.2) is 19.4 Å². The van der Waals surface area contributed by atoms with E-state index in [9.17, 15) is 26.7 Å². The molecule has 0 aliphatic carbocycles. The highest BCUT2D eigenvalue weighted by Crippen LogP contribution is 2.29. The summed E-state index contributed by atoms with van der Waals surface area (Å²) in [6.07, 6.45) is -4.45. The molecule has 30 heavy (non-hydrogen) atoms. The summed E-state index contributed by atoms with van der Waals surface area (Å²) < 4.78 is 64.9. The molecule has 0 spiro atoms. The smallest absolute Gasteiger partial charge is 0.327 e. The van der Waals surface area contributed by atoms with Crippen molar-refractivity contribution in [2.45, 2.75) is 19.5 Å². The van der Waals surface area contributed by atoms with Crippen LogP contribution in [0.25, 0.3) is 16.9 Å². The van der Waals surface area contributed by atoms with Gasteiger partial charge in [0.15, 0.2) is 0 Å². The number of aromatic nitrogens is 5. The average Bonchev–Trinajstić information content (AvgIpc) is 3.05. The van der Waals surface area contributed by atoms with Crippen molar-refractivity contribution in [1.29, 1.82) is 0 Å². The average molecular weight is 426 g/mol. The van der Waals surface area contributed by atoms with Crippen LogP contribution in [0.2, 0.25) is 0 Å². The largest absolute Gasteiger partial charge is 0.433 e. The lowest BCUT2D eigenvalue weighted by Gasteiger charge is -2.11. The molecule has 12 heteroatoms. The quantitative estimate of drug-likeness (QED) is 0.611. The molecule has 0 atom stereocenters. The van der Waals surface area contributed by atoms with E-state index in [4.69, 9.17) is 5.73 Å². The predicted molar refractivity (Wildman–Crippen MR) is 97.0 cm³/mol. The number of aryl methyl sites for hydroxylation is 1. The highest BCUT2D eigenvalue weighted by molar-refractivity contribution is 5.63. The van der Waals surface area contributed by atoms with Crippen LogP contribution in [0.5, 0.6) is 0 Å². The Balaban J connectivity index is 1.98. The molecule has 0 radical (unpaired) electrons. The summed E-state index contributed by atoms with van der Waals surface area (Å²) in [5, 5.41) is 5.95. The van der Waals surface area contributed by atoms with E-state index in [1.807, 2.05) is 0 Å². The van der Waals surface area contributed by atoms with Crippen LogP contribution in [0.15, 0.2) is 47.0 Å². The molecule has 0 unspecified atom stereocenters. The highest BCUT2D eigenvalue weighted by Gasteiger charge is 2.32. The zero-order chi connectivity index (χ0) is 22.1. The molecular formula is C18H15F5N6O. The second-order valence-electron chi connectivity index (χ2n) is 6.32. The third-order valence-electron chi connectivity index (χ3n) is 4.28. The number of rotatable bonds is 5. The zero-order valence-corrected chi connectivity index (χ0v) is 15.5. The Morgan fingerprint density at radius 1 is 1.17 bits per heavy atom. The second-order valence-corrected chi connectivity index (χ2v) is 6.32. The number of H-pyrrole nitrogens is 1. The number of nitrogens with zero attached hydrogens (tertiary/aromatic N) is 4. The van der Waals surface area contributed by atoms with Crippen LogP contribution >= 0.6 is 0 Å². The van der Waals surface area contributed by atoms with Gasteiger partial charge in [0.25, 0.3) is 6.08 Å². The van der Waals surface area contributed by atoms with Gasteiger partial charge in [-0.1, -0.05) is 6.07 Å². The van der Waals surface area contributed by atoms with Crippen molar-refractivity contribution in [3.05, 3.63) is 69.8 Å². The molecule has 3 aromatic heterocycles. The van der Waals surface area contributed by atoms with E-state index in [0.717, 1.165) is 16.8 Å². The van der Waals surface area contributed by atoms with Crippen LogP contribution in [0.1, 0.15) is 17.1 Å². The van der Waals surface area contributed by atoms with E-state index in [-0.39, 0.29) is 23.6 Å². The molecule has 3 heterocycles. The third kappa shape index (κ3) is 4.27. The molecule has 7 nitrogen and oxygen atoms in total. The molecule has 0 aliphatic heterocycles. The third-order valence-corrected chi connectivity index (χ3v) is 4.28. The van der Waals surface area contributed by atoms with Crippen LogP contribution in [0.3, 0.4) is 0 Å². The van der Waals surface area contributed by atoms with Crippen molar-refractivity contribution in [1.82, 2.24) is 24.7 Å². The number of alkyl halides is 3. The molecule has 3 aromatic rings. The molecule has 0 aliphatic rings. The second kappa shape index (κ2) is 8.14. The van der Waals surface area contributed by atoms with Crippen molar-refractivity contribution >= 4 is 0 Å². The first-order chi connectivity index (χ1) is 14.1. The summed E-state index contributed by atoms with van der Waals surface area (Å²) in [6.45, 7) is 1.21. The molecule has 0 fully saturated rings. The number of nitrogens with one attached hydrogen (secondary N) is 1. The van der Waals surface area contributed by atoms with E-state index in [0.29, 0.717) is 16.7 Å². The summed E-state index contributed by atoms with van der Waals surface area (Å²) in [6, 6.07) is 3.69. The molecule has 3 rings (SSSR count).